The quantitative estimate of drug-likeness (QED) is 0.597. The van der Waals surface area contributed by atoms with E-state index < -0.39 is 0 Å². The van der Waals surface area contributed by atoms with Crippen LogP contribution in [0.1, 0.15) is 13.3 Å². The molecule has 0 bridgehead atoms. The lowest BCUT2D eigenvalue weighted by atomic mass is 10.1. The summed E-state index contributed by atoms with van der Waals surface area (Å²) in [7, 11) is 0. The third-order valence-corrected chi connectivity index (χ3v) is 2.11. The van der Waals surface area contributed by atoms with Crippen LogP contribution in [0.3, 0.4) is 0 Å². The fourth-order valence-electron chi connectivity index (χ4n) is 1.46. The molecule has 0 saturated carbocycles. The first kappa shape index (κ1) is 10.5. The van der Waals surface area contributed by atoms with Crippen molar-refractivity contribution in [1.29, 1.82) is 0 Å². The molecule has 0 amide bonds. The highest BCUT2D eigenvalue weighted by Gasteiger charge is 2.15. The molecule has 0 aromatic rings. The van der Waals surface area contributed by atoms with Crippen LogP contribution in [0.15, 0.2) is 0 Å². The lowest BCUT2D eigenvalue weighted by Gasteiger charge is -2.12. The van der Waals surface area contributed by atoms with Gasteiger partial charge in [-0.15, -0.1) is 0 Å². The number of esters is 1. The molecule has 4 heteroatoms. The van der Waals surface area contributed by atoms with Gasteiger partial charge in [-0.2, -0.15) is 0 Å². The van der Waals surface area contributed by atoms with Crippen LogP contribution in [0.25, 0.3) is 0 Å². The molecule has 4 nitrogen and oxygen atoms in total. The minimum atomic E-state index is -0.0852. The van der Waals surface area contributed by atoms with Gasteiger partial charge < -0.3 is 15.4 Å². The largest absolute Gasteiger partial charge is 0.466 e. The van der Waals surface area contributed by atoms with E-state index in [2.05, 4.69) is 10.6 Å². The first-order chi connectivity index (χ1) is 6.33. The van der Waals surface area contributed by atoms with Crippen molar-refractivity contribution in [3.63, 3.8) is 0 Å². The van der Waals surface area contributed by atoms with Gasteiger partial charge in [0.05, 0.1) is 13.0 Å². The number of hydrogen-bond donors (Lipinski definition) is 2. The van der Waals surface area contributed by atoms with Gasteiger partial charge in [-0.3, -0.25) is 4.79 Å². The monoisotopic (exact) mass is 186 g/mol. The summed E-state index contributed by atoms with van der Waals surface area (Å²) in [5, 5.41) is 6.55. The minimum absolute atomic E-state index is 0.0852. The van der Waals surface area contributed by atoms with Crippen molar-refractivity contribution in [2.24, 2.45) is 5.92 Å². The molecule has 0 atom stereocenters. The molecule has 1 aliphatic rings. The van der Waals surface area contributed by atoms with E-state index >= 15 is 0 Å². The van der Waals surface area contributed by atoms with Crippen molar-refractivity contribution >= 4 is 5.97 Å². The summed E-state index contributed by atoms with van der Waals surface area (Å²) < 4.78 is 4.89. The molecule has 1 saturated heterocycles. The molecule has 1 aliphatic heterocycles. The molecule has 0 spiro atoms. The molecule has 1 heterocycles. The zero-order valence-corrected chi connectivity index (χ0v) is 8.14. The molecule has 13 heavy (non-hydrogen) atoms. The third kappa shape index (κ3) is 4.24. The van der Waals surface area contributed by atoms with Crippen molar-refractivity contribution < 1.29 is 9.53 Å². The van der Waals surface area contributed by atoms with E-state index in [4.69, 9.17) is 4.74 Å². The SMILES string of the molecule is CCOC(=O)CC1CNCCNC1. The smallest absolute Gasteiger partial charge is 0.306 e. The van der Waals surface area contributed by atoms with Crippen LogP contribution in [0.2, 0.25) is 0 Å². The van der Waals surface area contributed by atoms with Crippen molar-refractivity contribution in [2.75, 3.05) is 32.8 Å². The summed E-state index contributed by atoms with van der Waals surface area (Å²) in [4.78, 5) is 11.1. The summed E-state index contributed by atoms with van der Waals surface area (Å²) in [5.74, 6) is 0.291. The van der Waals surface area contributed by atoms with E-state index in [0.717, 1.165) is 26.2 Å². The van der Waals surface area contributed by atoms with Crippen LogP contribution in [0.4, 0.5) is 0 Å². The van der Waals surface area contributed by atoms with E-state index in [1.807, 2.05) is 6.92 Å². The second kappa shape index (κ2) is 5.94. The van der Waals surface area contributed by atoms with Crippen molar-refractivity contribution in [3.8, 4) is 0 Å². The zero-order chi connectivity index (χ0) is 9.52. The average Bonchev–Trinajstić information content (AvgIpc) is 2.33. The summed E-state index contributed by atoms with van der Waals surface area (Å²) in [5.41, 5.74) is 0. The first-order valence-electron chi connectivity index (χ1n) is 4.90. The van der Waals surface area contributed by atoms with Gasteiger partial charge in [-0.1, -0.05) is 0 Å². The van der Waals surface area contributed by atoms with Gasteiger partial charge in [0, 0.05) is 13.1 Å². The Morgan fingerprint density at radius 2 is 2.00 bits per heavy atom. The number of carbonyl (C=O) groups is 1. The zero-order valence-electron chi connectivity index (χ0n) is 8.14. The molecule has 0 unspecified atom stereocenters. The van der Waals surface area contributed by atoms with Gasteiger partial charge in [-0.25, -0.2) is 0 Å². The molecule has 2 N–H and O–H groups in total. The standard InChI is InChI=1S/C9H18N2O2/c1-2-13-9(12)5-8-6-10-3-4-11-7-8/h8,10-11H,2-7H2,1H3. The lowest BCUT2D eigenvalue weighted by Crippen LogP contribution is -2.26. The predicted octanol–water partition coefficient (Wildman–Crippen LogP) is -0.251. The molecular formula is C9H18N2O2. The highest BCUT2D eigenvalue weighted by Crippen LogP contribution is 2.03. The highest BCUT2D eigenvalue weighted by atomic mass is 16.5. The molecule has 76 valence electrons. The van der Waals surface area contributed by atoms with Crippen LogP contribution in [0, 0.1) is 5.92 Å². The maximum Gasteiger partial charge on any atom is 0.306 e. The topological polar surface area (TPSA) is 50.4 Å². The normalized spacial score (nSPS) is 19.5. The Hall–Kier alpha value is -0.610. The molecule has 0 aromatic carbocycles. The summed E-state index contributed by atoms with van der Waals surface area (Å²) in [6.45, 7) is 6.10. The Labute approximate surface area is 79.0 Å². The summed E-state index contributed by atoms with van der Waals surface area (Å²) in [6.07, 6.45) is 0.522. The first-order valence-corrected chi connectivity index (χ1v) is 4.90. The van der Waals surface area contributed by atoms with Gasteiger partial charge in [0.25, 0.3) is 0 Å². The summed E-state index contributed by atoms with van der Waals surface area (Å²) >= 11 is 0. The number of rotatable bonds is 3. The highest BCUT2D eigenvalue weighted by molar-refractivity contribution is 5.69. The maximum atomic E-state index is 11.1. The number of nitrogens with one attached hydrogen (secondary N) is 2. The Morgan fingerprint density at radius 1 is 1.38 bits per heavy atom. The van der Waals surface area contributed by atoms with Crippen LogP contribution >= 0.6 is 0 Å². The van der Waals surface area contributed by atoms with Gasteiger partial charge in [0.2, 0.25) is 0 Å². The average molecular weight is 186 g/mol. The number of carbonyl (C=O) groups excluding carboxylic acids is 1. The van der Waals surface area contributed by atoms with E-state index in [1.54, 1.807) is 0 Å². The second-order valence-corrected chi connectivity index (χ2v) is 3.28. The molecule has 0 aromatic heterocycles. The fourth-order valence-corrected chi connectivity index (χ4v) is 1.46. The van der Waals surface area contributed by atoms with Crippen LogP contribution in [-0.2, 0) is 9.53 Å². The van der Waals surface area contributed by atoms with Crippen molar-refractivity contribution in [2.45, 2.75) is 13.3 Å². The van der Waals surface area contributed by atoms with E-state index in [0.29, 0.717) is 18.9 Å². The van der Waals surface area contributed by atoms with Gasteiger partial charge in [-0.05, 0) is 25.9 Å². The van der Waals surface area contributed by atoms with E-state index in [9.17, 15) is 4.79 Å². The maximum absolute atomic E-state index is 11.1. The van der Waals surface area contributed by atoms with E-state index in [-0.39, 0.29) is 5.97 Å². The van der Waals surface area contributed by atoms with Crippen LogP contribution < -0.4 is 10.6 Å². The number of hydrogen-bond acceptors (Lipinski definition) is 4. The fraction of sp³-hybridized carbons (Fsp3) is 0.889. The van der Waals surface area contributed by atoms with Gasteiger partial charge >= 0.3 is 5.97 Å². The predicted molar refractivity (Wildman–Crippen MR) is 50.5 cm³/mol. The van der Waals surface area contributed by atoms with Crippen molar-refractivity contribution in [1.82, 2.24) is 10.6 Å². The second-order valence-electron chi connectivity index (χ2n) is 3.28. The van der Waals surface area contributed by atoms with E-state index in [1.165, 1.54) is 0 Å². The van der Waals surface area contributed by atoms with Crippen molar-refractivity contribution in [3.05, 3.63) is 0 Å². The molecule has 0 aliphatic carbocycles. The Bertz CT molecular complexity index is 154. The Morgan fingerprint density at radius 3 is 2.54 bits per heavy atom. The van der Waals surface area contributed by atoms with Gasteiger partial charge in [0.15, 0.2) is 0 Å². The Balaban J connectivity index is 2.21. The minimum Gasteiger partial charge on any atom is -0.466 e. The van der Waals surface area contributed by atoms with Crippen LogP contribution in [-0.4, -0.2) is 38.8 Å². The Kier molecular flexibility index (Phi) is 4.78. The molecule has 0 radical (unpaired) electrons. The summed E-state index contributed by atoms with van der Waals surface area (Å²) in [6, 6.07) is 0. The van der Waals surface area contributed by atoms with Crippen LogP contribution in [0.5, 0.6) is 0 Å². The third-order valence-electron chi connectivity index (χ3n) is 2.11. The molecular weight excluding hydrogens is 168 g/mol. The molecule has 1 fully saturated rings. The lowest BCUT2D eigenvalue weighted by molar-refractivity contribution is -0.144. The van der Waals surface area contributed by atoms with Gasteiger partial charge in [0.1, 0.15) is 0 Å². The molecule has 1 rings (SSSR count). The number of ether oxygens (including phenoxy) is 1.